The molecule has 0 unspecified atom stereocenters. The number of esters is 1. The normalized spacial score (nSPS) is 12.1. The third-order valence-electron chi connectivity index (χ3n) is 3.43. The van der Waals surface area contributed by atoms with Crippen molar-refractivity contribution >= 4 is 11.7 Å². The first-order valence-corrected chi connectivity index (χ1v) is 8.38. The summed E-state index contributed by atoms with van der Waals surface area (Å²) in [6, 6.07) is 2.42. The second kappa shape index (κ2) is 8.33. The number of nitrogen functional groups attached to an aromatic ring is 1. The lowest BCUT2D eigenvalue weighted by molar-refractivity contribution is 0.00690. The van der Waals surface area contributed by atoms with Crippen LogP contribution in [-0.4, -0.2) is 46.7 Å². The van der Waals surface area contributed by atoms with E-state index >= 15 is 0 Å². The highest BCUT2D eigenvalue weighted by molar-refractivity contribution is 5.90. The number of rotatable bonds is 7. The molecule has 6 heteroatoms. The van der Waals surface area contributed by atoms with E-state index in [9.17, 15) is 4.79 Å². The molecule has 1 aromatic rings. The molecule has 0 saturated heterocycles. The number of ether oxygens (including phenoxy) is 2. The van der Waals surface area contributed by atoms with Gasteiger partial charge in [0.05, 0.1) is 11.3 Å². The molecule has 0 fully saturated rings. The van der Waals surface area contributed by atoms with Crippen LogP contribution < -0.4 is 10.5 Å². The number of nitrogens with zero attached hydrogens (tertiary/aromatic N) is 2. The number of hydrogen-bond acceptors (Lipinski definition) is 6. The summed E-state index contributed by atoms with van der Waals surface area (Å²) < 4.78 is 11.0. The van der Waals surface area contributed by atoms with Gasteiger partial charge in [-0.15, -0.1) is 0 Å². The number of pyridine rings is 1. The van der Waals surface area contributed by atoms with E-state index in [1.165, 1.54) is 6.20 Å². The van der Waals surface area contributed by atoms with Gasteiger partial charge in [-0.05, 0) is 54.5 Å². The fourth-order valence-corrected chi connectivity index (χ4v) is 2.40. The topological polar surface area (TPSA) is 77.7 Å². The summed E-state index contributed by atoms with van der Waals surface area (Å²) in [7, 11) is 0. The van der Waals surface area contributed by atoms with Gasteiger partial charge >= 0.3 is 5.97 Å². The number of carbonyl (C=O) groups excluding carboxylic acids is 1. The van der Waals surface area contributed by atoms with Gasteiger partial charge in [-0.1, -0.05) is 0 Å². The zero-order valence-corrected chi connectivity index (χ0v) is 15.9. The van der Waals surface area contributed by atoms with E-state index in [4.69, 9.17) is 15.2 Å². The van der Waals surface area contributed by atoms with Gasteiger partial charge in [0.2, 0.25) is 5.88 Å². The van der Waals surface area contributed by atoms with E-state index in [1.54, 1.807) is 6.07 Å². The van der Waals surface area contributed by atoms with Crippen LogP contribution in [0.2, 0.25) is 0 Å². The molecule has 0 atom stereocenters. The Labute approximate surface area is 145 Å². The third kappa shape index (κ3) is 6.35. The fourth-order valence-electron chi connectivity index (χ4n) is 2.40. The quantitative estimate of drug-likeness (QED) is 0.770. The molecular weight excluding hydrogens is 306 g/mol. The van der Waals surface area contributed by atoms with Crippen LogP contribution in [0.5, 0.6) is 5.88 Å². The summed E-state index contributed by atoms with van der Waals surface area (Å²) in [5.41, 5.74) is 6.05. The predicted molar refractivity (Wildman–Crippen MR) is 96.3 cm³/mol. The zero-order valence-electron chi connectivity index (χ0n) is 15.9. The van der Waals surface area contributed by atoms with E-state index in [0.717, 1.165) is 6.54 Å². The summed E-state index contributed by atoms with van der Waals surface area (Å²) in [6.07, 6.45) is 1.43. The molecule has 0 aliphatic heterocycles. The molecule has 1 heterocycles. The Morgan fingerprint density at radius 3 is 2.29 bits per heavy atom. The van der Waals surface area contributed by atoms with Crippen molar-refractivity contribution in [3.8, 4) is 5.88 Å². The monoisotopic (exact) mass is 337 g/mol. The second-order valence-electron chi connectivity index (χ2n) is 7.39. The molecule has 0 aliphatic carbocycles. The standard InChI is InChI=1S/C18H31N3O3/c1-12(2)21(13(3)4)8-9-23-16-15(19)10-14(11-20-16)17(22)24-18(5,6)7/h10-13H,8-9,19H2,1-7H3. The molecule has 136 valence electrons. The molecule has 0 amide bonds. The van der Waals surface area contributed by atoms with Gasteiger partial charge in [0.1, 0.15) is 12.2 Å². The summed E-state index contributed by atoms with van der Waals surface area (Å²) in [5.74, 6) is -0.103. The zero-order chi connectivity index (χ0) is 18.5. The average molecular weight is 337 g/mol. The first-order chi connectivity index (χ1) is 11.0. The largest absolute Gasteiger partial charge is 0.475 e. The highest BCUT2D eigenvalue weighted by Gasteiger charge is 2.19. The molecular formula is C18H31N3O3. The van der Waals surface area contributed by atoms with Gasteiger partial charge in [0, 0.05) is 24.8 Å². The molecule has 6 nitrogen and oxygen atoms in total. The van der Waals surface area contributed by atoms with Gasteiger partial charge in [-0.25, -0.2) is 9.78 Å². The lowest BCUT2D eigenvalue weighted by Gasteiger charge is -2.30. The fraction of sp³-hybridized carbons (Fsp3) is 0.667. The van der Waals surface area contributed by atoms with Crippen LogP contribution in [0, 0.1) is 0 Å². The molecule has 0 spiro atoms. The van der Waals surface area contributed by atoms with Crippen LogP contribution in [-0.2, 0) is 4.74 Å². The van der Waals surface area contributed by atoms with E-state index < -0.39 is 11.6 Å². The van der Waals surface area contributed by atoms with Crippen molar-refractivity contribution in [2.75, 3.05) is 18.9 Å². The van der Waals surface area contributed by atoms with Crippen molar-refractivity contribution in [1.29, 1.82) is 0 Å². The van der Waals surface area contributed by atoms with Crippen molar-refractivity contribution < 1.29 is 14.3 Å². The SMILES string of the molecule is CC(C)N(CCOc1ncc(C(=O)OC(C)(C)C)cc1N)C(C)C. The first kappa shape index (κ1) is 20.2. The van der Waals surface area contributed by atoms with Crippen LogP contribution in [0.4, 0.5) is 5.69 Å². The number of hydrogen-bond donors (Lipinski definition) is 1. The Morgan fingerprint density at radius 1 is 1.25 bits per heavy atom. The molecule has 0 aromatic carbocycles. The predicted octanol–water partition coefficient (Wildman–Crippen LogP) is 3.12. The Bertz CT molecular complexity index is 543. The minimum absolute atomic E-state index is 0.320. The molecule has 1 aromatic heterocycles. The van der Waals surface area contributed by atoms with Gasteiger partial charge in [-0.3, -0.25) is 4.90 Å². The van der Waals surface area contributed by atoms with Crippen LogP contribution in [0.25, 0.3) is 0 Å². The average Bonchev–Trinajstić information content (AvgIpc) is 2.42. The van der Waals surface area contributed by atoms with Gasteiger partial charge < -0.3 is 15.2 Å². The summed E-state index contributed by atoms with van der Waals surface area (Å²) in [4.78, 5) is 18.5. The molecule has 0 bridgehead atoms. The van der Waals surface area contributed by atoms with Crippen molar-refractivity contribution in [3.63, 3.8) is 0 Å². The molecule has 2 N–H and O–H groups in total. The lowest BCUT2D eigenvalue weighted by Crippen LogP contribution is -2.39. The number of aromatic nitrogens is 1. The molecule has 1 rings (SSSR count). The van der Waals surface area contributed by atoms with Gasteiger partial charge in [-0.2, -0.15) is 0 Å². The van der Waals surface area contributed by atoms with Crippen LogP contribution in [0.15, 0.2) is 12.3 Å². The van der Waals surface area contributed by atoms with Crippen molar-refractivity contribution in [2.45, 2.75) is 66.2 Å². The van der Waals surface area contributed by atoms with Gasteiger partial charge in [0.15, 0.2) is 0 Å². The molecule has 0 radical (unpaired) electrons. The second-order valence-corrected chi connectivity index (χ2v) is 7.39. The highest BCUT2D eigenvalue weighted by atomic mass is 16.6. The van der Waals surface area contributed by atoms with Crippen molar-refractivity contribution in [2.24, 2.45) is 0 Å². The maximum atomic E-state index is 12.0. The van der Waals surface area contributed by atoms with E-state index in [-0.39, 0.29) is 0 Å². The van der Waals surface area contributed by atoms with E-state index in [1.807, 2.05) is 20.8 Å². The third-order valence-corrected chi connectivity index (χ3v) is 3.43. The molecule has 24 heavy (non-hydrogen) atoms. The molecule has 0 saturated carbocycles. The van der Waals surface area contributed by atoms with Crippen LogP contribution in [0.3, 0.4) is 0 Å². The summed E-state index contributed by atoms with van der Waals surface area (Å²) in [5, 5.41) is 0. The van der Waals surface area contributed by atoms with Crippen molar-refractivity contribution in [3.05, 3.63) is 17.8 Å². The Kier molecular flexibility index (Phi) is 7.02. The van der Waals surface area contributed by atoms with E-state index in [0.29, 0.717) is 35.8 Å². The number of nitrogens with two attached hydrogens (primary N) is 1. The summed E-state index contributed by atoms with van der Waals surface area (Å²) in [6.45, 7) is 15.3. The smallest absolute Gasteiger partial charge is 0.340 e. The Balaban J connectivity index is 2.67. The minimum atomic E-state index is -0.557. The maximum absolute atomic E-state index is 12.0. The van der Waals surface area contributed by atoms with E-state index in [2.05, 4.69) is 37.6 Å². The number of carbonyl (C=O) groups is 1. The molecule has 0 aliphatic rings. The van der Waals surface area contributed by atoms with Crippen molar-refractivity contribution in [1.82, 2.24) is 9.88 Å². The van der Waals surface area contributed by atoms with Crippen LogP contribution >= 0.6 is 0 Å². The summed E-state index contributed by atoms with van der Waals surface area (Å²) >= 11 is 0. The lowest BCUT2D eigenvalue weighted by atomic mass is 10.2. The maximum Gasteiger partial charge on any atom is 0.340 e. The van der Waals surface area contributed by atoms with Crippen LogP contribution in [0.1, 0.15) is 58.8 Å². The number of anilines is 1. The minimum Gasteiger partial charge on any atom is -0.475 e. The van der Waals surface area contributed by atoms with Gasteiger partial charge in [0.25, 0.3) is 0 Å². The Morgan fingerprint density at radius 2 is 1.83 bits per heavy atom. The Hall–Kier alpha value is -1.82. The first-order valence-electron chi connectivity index (χ1n) is 8.38. The highest BCUT2D eigenvalue weighted by Crippen LogP contribution is 2.21.